The SMILES string of the molecule is CC(C)c1ccccc1SCC(=O)Nc1ccccc1C(=O)O. The lowest BCUT2D eigenvalue weighted by atomic mass is 10.0. The van der Waals surface area contributed by atoms with Crippen LogP contribution in [-0.4, -0.2) is 22.7 Å². The molecule has 1 amide bonds. The Bertz CT molecular complexity index is 713. The highest BCUT2D eigenvalue weighted by atomic mass is 32.2. The molecule has 0 aromatic heterocycles. The highest BCUT2D eigenvalue weighted by Gasteiger charge is 2.13. The predicted octanol–water partition coefficient (Wildman–Crippen LogP) is 4.24. The maximum atomic E-state index is 12.1. The van der Waals surface area contributed by atoms with E-state index in [9.17, 15) is 9.59 Å². The minimum atomic E-state index is -1.06. The summed E-state index contributed by atoms with van der Waals surface area (Å²) in [7, 11) is 0. The van der Waals surface area contributed by atoms with Crippen LogP contribution in [0.2, 0.25) is 0 Å². The molecule has 120 valence electrons. The number of rotatable bonds is 6. The Morgan fingerprint density at radius 2 is 1.74 bits per heavy atom. The first-order chi connectivity index (χ1) is 11.0. The molecule has 0 aliphatic carbocycles. The van der Waals surface area contributed by atoms with Crippen molar-refractivity contribution in [3.05, 3.63) is 59.7 Å². The number of aromatic carboxylic acids is 1. The Morgan fingerprint density at radius 1 is 1.09 bits per heavy atom. The summed E-state index contributed by atoms with van der Waals surface area (Å²) >= 11 is 1.46. The Hall–Kier alpha value is -2.27. The number of hydrogen-bond acceptors (Lipinski definition) is 3. The van der Waals surface area contributed by atoms with E-state index in [0.717, 1.165) is 4.90 Å². The summed E-state index contributed by atoms with van der Waals surface area (Å²) in [6, 6.07) is 14.4. The van der Waals surface area contributed by atoms with Crippen LogP contribution in [0, 0.1) is 0 Å². The van der Waals surface area contributed by atoms with Gasteiger partial charge in [0.2, 0.25) is 5.91 Å². The zero-order valence-electron chi connectivity index (χ0n) is 13.1. The molecule has 0 heterocycles. The number of benzene rings is 2. The predicted molar refractivity (Wildman–Crippen MR) is 93.3 cm³/mol. The van der Waals surface area contributed by atoms with Crippen LogP contribution in [0.3, 0.4) is 0 Å². The summed E-state index contributed by atoms with van der Waals surface area (Å²) in [6.07, 6.45) is 0. The van der Waals surface area contributed by atoms with Crippen molar-refractivity contribution in [3.8, 4) is 0 Å². The molecular weight excluding hydrogens is 310 g/mol. The van der Waals surface area contributed by atoms with Gasteiger partial charge in [-0.15, -0.1) is 11.8 Å². The second kappa shape index (κ2) is 7.83. The van der Waals surface area contributed by atoms with E-state index < -0.39 is 5.97 Å². The number of hydrogen-bond donors (Lipinski definition) is 2. The molecule has 2 rings (SSSR count). The number of carbonyl (C=O) groups is 2. The molecule has 0 aliphatic heterocycles. The lowest BCUT2D eigenvalue weighted by Crippen LogP contribution is -2.16. The number of anilines is 1. The van der Waals surface area contributed by atoms with Gasteiger partial charge in [0.1, 0.15) is 0 Å². The maximum Gasteiger partial charge on any atom is 0.337 e. The zero-order valence-corrected chi connectivity index (χ0v) is 13.9. The third-order valence-corrected chi connectivity index (χ3v) is 4.42. The molecule has 0 aliphatic rings. The molecule has 0 spiro atoms. The molecule has 0 unspecified atom stereocenters. The van der Waals surface area contributed by atoms with Gasteiger partial charge in [0.15, 0.2) is 0 Å². The van der Waals surface area contributed by atoms with E-state index in [1.54, 1.807) is 18.2 Å². The van der Waals surface area contributed by atoms with Crippen LogP contribution in [-0.2, 0) is 4.79 Å². The van der Waals surface area contributed by atoms with Gasteiger partial charge >= 0.3 is 5.97 Å². The van der Waals surface area contributed by atoms with Gasteiger partial charge in [-0.3, -0.25) is 4.79 Å². The quantitative estimate of drug-likeness (QED) is 0.778. The third kappa shape index (κ3) is 4.60. The van der Waals surface area contributed by atoms with Crippen molar-refractivity contribution in [2.45, 2.75) is 24.7 Å². The second-order valence-corrected chi connectivity index (χ2v) is 6.40. The number of thioether (sulfide) groups is 1. The van der Waals surface area contributed by atoms with Crippen LogP contribution in [0.15, 0.2) is 53.4 Å². The molecule has 0 radical (unpaired) electrons. The highest BCUT2D eigenvalue weighted by Crippen LogP contribution is 2.28. The smallest absolute Gasteiger partial charge is 0.337 e. The van der Waals surface area contributed by atoms with E-state index in [-0.39, 0.29) is 17.2 Å². The van der Waals surface area contributed by atoms with E-state index in [2.05, 4.69) is 25.2 Å². The summed E-state index contributed by atoms with van der Waals surface area (Å²) in [6.45, 7) is 4.23. The number of nitrogens with one attached hydrogen (secondary N) is 1. The first-order valence-corrected chi connectivity index (χ1v) is 8.31. The van der Waals surface area contributed by atoms with Crippen molar-refractivity contribution in [3.63, 3.8) is 0 Å². The highest BCUT2D eigenvalue weighted by molar-refractivity contribution is 8.00. The maximum absolute atomic E-state index is 12.1. The molecule has 0 saturated heterocycles. The minimum absolute atomic E-state index is 0.0911. The lowest BCUT2D eigenvalue weighted by molar-refractivity contribution is -0.113. The van der Waals surface area contributed by atoms with Crippen LogP contribution in [0.25, 0.3) is 0 Å². The van der Waals surface area contributed by atoms with Crippen LogP contribution in [0.5, 0.6) is 0 Å². The molecule has 5 heteroatoms. The molecule has 0 saturated carbocycles. The fourth-order valence-corrected chi connectivity index (χ4v) is 3.20. The molecule has 0 fully saturated rings. The Labute approximate surface area is 139 Å². The van der Waals surface area contributed by atoms with E-state index in [1.807, 2.05) is 18.2 Å². The van der Waals surface area contributed by atoms with E-state index in [4.69, 9.17) is 5.11 Å². The Balaban J connectivity index is 2.03. The number of para-hydroxylation sites is 1. The Morgan fingerprint density at radius 3 is 2.43 bits per heavy atom. The van der Waals surface area contributed by atoms with Crippen LogP contribution < -0.4 is 5.32 Å². The van der Waals surface area contributed by atoms with Gasteiger partial charge in [0.25, 0.3) is 0 Å². The van der Waals surface area contributed by atoms with Gasteiger partial charge in [-0.1, -0.05) is 44.2 Å². The van der Waals surface area contributed by atoms with E-state index >= 15 is 0 Å². The summed E-state index contributed by atoms with van der Waals surface area (Å²) in [5, 5.41) is 11.8. The van der Waals surface area contributed by atoms with Gasteiger partial charge < -0.3 is 10.4 Å². The second-order valence-electron chi connectivity index (χ2n) is 5.38. The summed E-state index contributed by atoms with van der Waals surface area (Å²) in [4.78, 5) is 24.3. The molecule has 2 aromatic rings. The molecule has 2 N–H and O–H groups in total. The monoisotopic (exact) mass is 329 g/mol. The molecule has 4 nitrogen and oxygen atoms in total. The molecular formula is C18H19NO3S. The van der Waals surface area contributed by atoms with Gasteiger partial charge in [0, 0.05) is 4.90 Å². The van der Waals surface area contributed by atoms with Gasteiger partial charge in [-0.05, 0) is 29.7 Å². The van der Waals surface area contributed by atoms with Crippen LogP contribution in [0.4, 0.5) is 5.69 Å². The number of carboxylic acids is 1. The van der Waals surface area contributed by atoms with E-state index in [0.29, 0.717) is 11.6 Å². The first kappa shape index (κ1) is 17.1. The summed E-state index contributed by atoms with van der Waals surface area (Å²) in [5.74, 6) is -0.659. The van der Waals surface area contributed by atoms with Crippen molar-refractivity contribution in [2.24, 2.45) is 0 Å². The zero-order chi connectivity index (χ0) is 16.8. The Kier molecular flexibility index (Phi) is 5.82. The number of carbonyl (C=O) groups excluding carboxylic acids is 1. The van der Waals surface area contributed by atoms with Gasteiger partial charge in [0.05, 0.1) is 17.0 Å². The van der Waals surface area contributed by atoms with Crippen LogP contribution >= 0.6 is 11.8 Å². The summed E-state index contributed by atoms with van der Waals surface area (Å²) in [5.41, 5.74) is 1.62. The fraction of sp³-hybridized carbons (Fsp3) is 0.222. The lowest BCUT2D eigenvalue weighted by Gasteiger charge is -2.12. The first-order valence-electron chi connectivity index (χ1n) is 7.33. The molecule has 2 aromatic carbocycles. The van der Waals surface area contributed by atoms with Gasteiger partial charge in [-0.2, -0.15) is 0 Å². The molecule has 0 atom stereocenters. The largest absolute Gasteiger partial charge is 0.478 e. The standard InChI is InChI=1S/C18H19NO3S/c1-12(2)13-7-4-6-10-16(13)23-11-17(20)19-15-9-5-3-8-14(15)18(21)22/h3-10,12H,11H2,1-2H3,(H,19,20)(H,21,22). The van der Waals surface area contributed by atoms with Crippen molar-refractivity contribution < 1.29 is 14.7 Å². The number of amides is 1. The van der Waals surface area contributed by atoms with Crippen molar-refractivity contribution in [1.82, 2.24) is 0 Å². The average Bonchev–Trinajstić information content (AvgIpc) is 2.53. The number of carboxylic acid groups (broad SMARTS) is 1. The third-order valence-electron chi connectivity index (χ3n) is 3.33. The topological polar surface area (TPSA) is 66.4 Å². The van der Waals surface area contributed by atoms with Crippen molar-refractivity contribution >= 4 is 29.3 Å². The molecule has 23 heavy (non-hydrogen) atoms. The van der Waals surface area contributed by atoms with Gasteiger partial charge in [-0.25, -0.2) is 4.79 Å². The summed E-state index contributed by atoms with van der Waals surface area (Å²) < 4.78 is 0. The van der Waals surface area contributed by atoms with E-state index in [1.165, 1.54) is 23.4 Å². The van der Waals surface area contributed by atoms with Crippen molar-refractivity contribution in [2.75, 3.05) is 11.1 Å². The average molecular weight is 329 g/mol. The van der Waals surface area contributed by atoms with Crippen LogP contribution in [0.1, 0.15) is 35.7 Å². The fourth-order valence-electron chi connectivity index (χ4n) is 2.20. The molecule has 0 bridgehead atoms. The van der Waals surface area contributed by atoms with Crippen molar-refractivity contribution in [1.29, 1.82) is 0 Å². The normalized spacial score (nSPS) is 10.6. The minimum Gasteiger partial charge on any atom is -0.478 e.